The van der Waals surface area contributed by atoms with Crippen LogP contribution < -0.4 is 15.5 Å². The van der Waals surface area contributed by atoms with E-state index in [1.807, 2.05) is 20.8 Å². The molecule has 0 bridgehead atoms. The molecule has 1 heterocycles. The third-order valence-corrected chi connectivity index (χ3v) is 5.28. The number of rotatable bonds is 8. The first-order valence-corrected chi connectivity index (χ1v) is 9.99. The van der Waals surface area contributed by atoms with Gasteiger partial charge in [-0.1, -0.05) is 20.8 Å². The van der Waals surface area contributed by atoms with Gasteiger partial charge < -0.3 is 25.4 Å². The van der Waals surface area contributed by atoms with Crippen molar-refractivity contribution in [3.05, 3.63) is 28.1 Å². The van der Waals surface area contributed by atoms with Crippen molar-refractivity contribution in [1.29, 1.82) is 0 Å². The van der Waals surface area contributed by atoms with Gasteiger partial charge in [0.25, 0.3) is 5.69 Å². The molecule has 172 valence electrons. The van der Waals surface area contributed by atoms with Gasteiger partial charge >= 0.3 is 6.09 Å². The molecule has 1 aliphatic rings. The molecule has 2 unspecified atom stereocenters. The SMILES string of the molecule is COCCC(=O)Nc1c(F)ccc([N+](=O)[O-])c1N1CCCC1C(NC(=O)O)C(C)(C)C. The number of methoxy groups -OCH3 is 1. The maximum atomic E-state index is 14.8. The molecule has 1 saturated heterocycles. The number of nitrogens with zero attached hydrogens (tertiary/aromatic N) is 2. The minimum atomic E-state index is -1.21. The van der Waals surface area contributed by atoms with Crippen molar-refractivity contribution < 1.29 is 28.7 Å². The fraction of sp³-hybridized carbons (Fsp3) is 0.600. The van der Waals surface area contributed by atoms with Gasteiger partial charge in [-0.05, 0) is 24.3 Å². The van der Waals surface area contributed by atoms with E-state index in [0.717, 1.165) is 12.1 Å². The van der Waals surface area contributed by atoms with Crippen LogP contribution in [0, 0.1) is 21.3 Å². The van der Waals surface area contributed by atoms with Crippen molar-refractivity contribution in [3.8, 4) is 0 Å². The summed E-state index contributed by atoms with van der Waals surface area (Å²) in [5.41, 5.74) is -1.22. The first kappa shape index (κ1) is 24.3. The average Bonchev–Trinajstić information content (AvgIpc) is 3.13. The van der Waals surface area contributed by atoms with Crippen molar-refractivity contribution in [2.45, 2.75) is 52.1 Å². The zero-order valence-electron chi connectivity index (χ0n) is 18.1. The van der Waals surface area contributed by atoms with Crippen LogP contribution in [0.3, 0.4) is 0 Å². The molecule has 11 heteroatoms. The first-order valence-electron chi connectivity index (χ1n) is 9.99. The highest BCUT2D eigenvalue weighted by Gasteiger charge is 2.42. The molecule has 0 saturated carbocycles. The monoisotopic (exact) mass is 440 g/mol. The van der Waals surface area contributed by atoms with E-state index in [-0.39, 0.29) is 30.1 Å². The Morgan fingerprint density at radius 3 is 2.65 bits per heavy atom. The summed E-state index contributed by atoms with van der Waals surface area (Å²) in [4.78, 5) is 36.5. The molecular weight excluding hydrogens is 411 g/mol. The summed E-state index contributed by atoms with van der Waals surface area (Å²) >= 11 is 0. The number of anilines is 2. The molecule has 0 aliphatic carbocycles. The highest BCUT2D eigenvalue weighted by atomic mass is 19.1. The maximum absolute atomic E-state index is 14.8. The summed E-state index contributed by atoms with van der Waals surface area (Å²) in [6, 6.07) is 0.940. The van der Waals surface area contributed by atoms with E-state index in [4.69, 9.17) is 4.74 Å². The zero-order valence-corrected chi connectivity index (χ0v) is 18.1. The van der Waals surface area contributed by atoms with Crippen LogP contribution in [0.5, 0.6) is 0 Å². The molecule has 0 spiro atoms. The molecule has 31 heavy (non-hydrogen) atoms. The Morgan fingerprint density at radius 2 is 2.10 bits per heavy atom. The van der Waals surface area contributed by atoms with E-state index in [1.54, 1.807) is 4.90 Å². The Morgan fingerprint density at radius 1 is 1.42 bits per heavy atom. The summed E-state index contributed by atoms with van der Waals surface area (Å²) < 4.78 is 19.7. The highest BCUT2D eigenvalue weighted by Crippen LogP contribution is 2.43. The van der Waals surface area contributed by atoms with Gasteiger partial charge in [-0.15, -0.1) is 0 Å². The van der Waals surface area contributed by atoms with Crippen LogP contribution >= 0.6 is 0 Å². The second-order valence-electron chi connectivity index (χ2n) is 8.53. The fourth-order valence-electron chi connectivity index (χ4n) is 3.95. The molecule has 1 fully saturated rings. The number of carbonyl (C=O) groups is 2. The molecule has 1 aromatic rings. The summed E-state index contributed by atoms with van der Waals surface area (Å²) in [5, 5.41) is 26.1. The number of hydrogen-bond acceptors (Lipinski definition) is 6. The van der Waals surface area contributed by atoms with Crippen LogP contribution in [-0.2, 0) is 9.53 Å². The predicted molar refractivity (Wildman–Crippen MR) is 113 cm³/mol. The molecule has 2 atom stereocenters. The Labute approximate surface area is 179 Å². The summed E-state index contributed by atoms with van der Waals surface area (Å²) in [6.07, 6.45) is -0.0864. The fourth-order valence-corrected chi connectivity index (χ4v) is 3.95. The van der Waals surface area contributed by atoms with Crippen LogP contribution in [0.4, 0.5) is 26.2 Å². The number of carboxylic acid groups (broad SMARTS) is 1. The number of carbonyl (C=O) groups excluding carboxylic acids is 1. The summed E-state index contributed by atoms with van der Waals surface area (Å²) in [5.74, 6) is -1.36. The number of hydrogen-bond donors (Lipinski definition) is 3. The molecule has 2 rings (SSSR count). The van der Waals surface area contributed by atoms with Gasteiger partial charge in [-0.25, -0.2) is 9.18 Å². The largest absolute Gasteiger partial charge is 0.465 e. The van der Waals surface area contributed by atoms with Crippen LogP contribution in [0.2, 0.25) is 0 Å². The number of ether oxygens (including phenoxy) is 1. The maximum Gasteiger partial charge on any atom is 0.404 e. The quantitative estimate of drug-likeness (QED) is 0.417. The zero-order chi connectivity index (χ0) is 23.3. The van der Waals surface area contributed by atoms with Crippen LogP contribution in [-0.4, -0.2) is 54.4 Å². The Kier molecular flexibility index (Phi) is 7.77. The van der Waals surface area contributed by atoms with Gasteiger partial charge in [-0.2, -0.15) is 0 Å². The number of nitro benzene ring substituents is 1. The average molecular weight is 440 g/mol. The van der Waals surface area contributed by atoms with Crippen LogP contribution in [0.15, 0.2) is 12.1 Å². The smallest absolute Gasteiger partial charge is 0.404 e. The van der Waals surface area contributed by atoms with Crippen molar-refractivity contribution >= 4 is 29.1 Å². The number of halogens is 1. The van der Waals surface area contributed by atoms with Crippen molar-refractivity contribution in [2.75, 3.05) is 30.5 Å². The van der Waals surface area contributed by atoms with Gasteiger partial charge in [0.05, 0.1) is 30.0 Å². The number of nitro groups is 1. The first-order chi connectivity index (χ1) is 14.5. The van der Waals surface area contributed by atoms with Crippen molar-refractivity contribution in [1.82, 2.24) is 5.32 Å². The van der Waals surface area contributed by atoms with E-state index >= 15 is 0 Å². The number of benzene rings is 1. The standard InChI is InChI=1S/C20H29FN4O6/c1-20(2,3)18(23-19(27)28)14-6-5-10-24(14)17-13(25(29)30)8-7-12(21)16(17)22-15(26)9-11-31-4/h7-8,14,18,23H,5-6,9-11H2,1-4H3,(H,22,26)(H,27,28). The summed E-state index contributed by atoms with van der Waals surface area (Å²) in [6.45, 7) is 6.04. The van der Waals surface area contributed by atoms with Gasteiger partial charge in [0.1, 0.15) is 17.2 Å². The van der Waals surface area contributed by atoms with Gasteiger partial charge in [0.2, 0.25) is 5.91 Å². The Hall–Kier alpha value is -2.95. The van der Waals surface area contributed by atoms with E-state index in [0.29, 0.717) is 19.4 Å². The highest BCUT2D eigenvalue weighted by molar-refractivity contribution is 5.96. The molecule has 1 aromatic carbocycles. The third-order valence-electron chi connectivity index (χ3n) is 5.28. The molecule has 10 nitrogen and oxygen atoms in total. The second kappa shape index (κ2) is 9.90. The van der Waals surface area contributed by atoms with Gasteiger partial charge in [0.15, 0.2) is 0 Å². The van der Waals surface area contributed by atoms with Crippen molar-refractivity contribution in [3.63, 3.8) is 0 Å². The lowest BCUT2D eigenvalue weighted by atomic mass is 9.81. The van der Waals surface area contributed by atoms with Crippen molar-refractivity contribution in [2.24, 2.45) is 5.41 Å². The van der Waals surface area contributed by atoms with E-state index in [2.05, 4.69) is 10.6 Å². The van der Waals surface area contributed by atoms with E-state index in [9.17, 15) is 29.2 Å². The molecule has 3 N–H and O–H groups in total. The summed E-state index contributed by atoms with van der Waals surface area (Å²) in [7, 11) is 1.42. The Balaban J connectivity index is 2.57. The molecule has 0 aromatic heterocycles. The minimum absolute atomic E-state index is 0.0489. The molecular formula is C20H29FN4O6. The minimum Gasteiger partial charge on any atom is -0.465 e. The third kappa shape index (κ3) is 5.81. The Bertz CT molecular complexity index is 842. The lowest BCUT2D eigenvalue weighted by Gasteiger charge is -2.40. The molecule has 0 radical (unpaired) electrons. The number of nitrogens with one attached hydrogen (secondary N) is 2. The van der Waals surface area contributed by atoms with Gasteiger partial charge in [0, 0.05) is 19.7 Å². The molecule has 2 amide bonds. The van der Waals surface area contributed by atoms with Crippen LogP contribution in [0.25, 0.3) is 0 Å². The van der Waals surface area contributed by atoms with E-state index in [1.165, 1.54) is 7.11 Å². The normalized spacial score (nSPS) is 17.3. The second-order valence-corrected chi connectivity index (χ2v) is 8.53. The lowest BCUT2D eigenvalue weighted by molar-refractivity contribution is -0.384. The van der Waals surface area contributed by atoms with Gasteiger partial charge in [-0.3, -0.25) is 14.9 Å². The molecule has 1 aliphatic heterocycles. The number of amides is 2. The lowest BCUT2D eigenvalue weighted by Crippen LogP contribution is -2.55. The van der Waals surface area contributed by atoms with Crippen LogP contribution in [0.1, 0.15) is 40.0 Å². The predicted octanol–water partition coefficient (Wildman–Crippen LogP) is 3.36. The topological polar surface area (TPSA) is 134 Å². The van der Waals surface area contributed by atoms with E-state index < -0.39 is 40.2 Å².